The van der Waals surface area contributed by atoms with Crippen molar-refractivity contribution in [2.75, 3.05) is 36.8 Å². The first-order valence-corrected chi connectivity index (χ1v) is 8.08. The van der Waals surface area contributed by atoms with Gasteiger partial charge in [0, 0.05) is 48.1 Å². The van der Waals surface area contributed by atoms with E-state index in [1.165, 1.54) is 0 Å². The summed E-state index contributed by atoms with van der Waals surface area (Å²) in [7, 11) is 0. The molecule has 0 aromatic heterocycles. The third-order valence-corrected chi connectivity index (χ3v) is 4.47. The Morgan fingerprint density at radius 2 is 1.83 bits per heavy atom. The minimum Gasteiger partial charge on any atom is -0.399 e. The van der Waals surface area contributed by atoms with Crippen LogP contribution < -0.4 is 10.6 Å². The molecular formula is C18H20ClN3O. The van der Waals surface area contributed by atoms with Crippen LogP contribution in [0.3, 0.4) is 0 Å². The fraction of sp³-hybridized carbons (Fsp3) is 0.278. The van der Waals surface area contributed by atoms with Crippen LogP contribution in [0.2, 0.25) is 5.02 Å². The van der Waals surface area contributed by atoms with Gasteiger partial charge in [0.1, 0.15) is 0 Å². The Balaban J connectivity index is 1.69. The van der Waals surface area contributed by atoms with Crippen LogP contribution >= 0.6 is 11.6 Å². The van der Waals surface area contributed by atoms with Gasteiger partial charge in [-0.05, 0) is 42.8 Å². The van der Waals surface area contributed by atoms with Crippen LogP contribution in [0.4, 0.5) is 11.4 Å². The molecule has 1 amide bonds. The maximum absolute atomic E-state index is 12.7. The first kappa shape index (κ1) is 15.7. The lowest BCUT2D eigenvalue weighted by Crippen LogP contribution is -2.49. The molecule has 0 radical (unpaired) electrons. The lowest BCUT2D eigenvalue weighted by atomic mass is 10.1. The summed E-state index contributed by atoms with van der Waals surface area (Å²) >= 11 is 6.05. The summed E-state index contributed by atoms with van der Waals surface area (Å²) in [4.78, 5) is 16.8. The van der Waals surface area contributed by atoms with E-state index in [4.69, 9.17) is 17.3 Å². The SMILES string of the molecule is Cc1ccc(N)cc1C(=O)N1CCN(c2cccc(Cl)c2)CC1. The number of carbonyl (C=O) groups excluding carboxylic acids is 1. The fourth-order valence-electron chi connectivity index (χ4n) is 2.88. The smallest absolute Gasteiger partial charge is 0.254 e. The first-order chi connectivity index (χ1) is 11.0. The van der Waals surface area contributed by atoms with Gasteiger partial charge in [0.25, 0.3) is 5.91 Å². The topological polar surface area (TPSA) is 49.6 Å². The summed E-state index contributed by atoms with van der Waals surface area (Å²) in [6.07, 6.45) is 0. The summed E-state index contributed by atoms with van der Waals surface area (Å²) in [5, 5.41) is 0.733. The Morgan fingerprint density at radius 3 is 2.52 bits per heavy atom. The Bertz CT molecular complexity index is 724. The molecule has 1 fully saturated rings. The van der Waals surface area contributed by atoms with Crippen molar-refractivity contribution in [1.29, 1.82) is 0 Å². The predicted octanol–water partition coefficient (Wildman–Crippen LogP) is 3.19. The summed E-state index contributed by atoms with van der Waals surface area (Å²) in [6, 6.07) is 13.3. The van der Waals surface area contributed by atoms with E-state index in [2.05, 4.69) is 4.90 Å². The summed E-state index contributed by atoms with van der Waals surface area (Å²) < 4.78 is 0. The summed E-state index contributed by atoms with van der Waals surface area (Å²) in [6.45, 7) is 4.93. The number of halogens is 1. The number of hydrogen-bond acceptors (Lipinski definition) is 3. The van der Waals surface area contributed by atoms with Crippen LogP contribution in [-0.2, 0) is 0 Å². The zero-order valence-corrected chi connectivity index (χ0v) is 13.9. The predicted molar refractivity (Wildman–Crippen MR) is 95.2 cm³/mol. The van der Waals surface area contributed by atoms with Crippen LogP contribution in [0.5, 0.6) is 0 Å². The van der Waals surface area contributed by atoms with Crippen molar-refractivity contribution >= 4 is 28.9 Å². The normalized spacial score (nSPS) is 14.9. The minimum absolute atomic E-state index is 0.0561. The number of hydrogen-bond donors (Lipinski definition) is 1. The van der Waals surface area contributed by atoms with E-state index in [9.17, 15) is 4.79 Å². The van der Waals surface area contributed by atoms with E-state index in [0.717, 1.165) is 29.4 Å². The number of anilines is 2. The molecule has 4 nitrogen and oxygen atoms in total. The second-order valence-corrected chi connectivity index (χ2v) is 6.27. The van der Waals surface area contributed by atoms with Crippen LogP contribution in [0.1, 0.15) is 15.9 Å². The molecule has 23 heavy (non-hydrogen) atoms. The lowest BCUT2D eigenvalue weighted by Gasteiger charge is -2.36. The number of rotatable bonds is 2. The average Bonchev–Trinajstić information content (AvgIpc) is 2.56. The van der Waals surface area contributed by atoms with Gasteiger partial charge in [0.05, 0.1) is 0 Å². The molecule has 2 N–H and O–H groups in total. The van der Waals surface area contributed by atoms with Gasteiger partial charge in [-0.15, -0.1) is 0 Å². The molecule has 5 heteroatoms. The van der Waals surface area contributed by atoms with E-state index in [1.807, 2.05) is 48.2 Å². The molecule has 0 aliphatic carbocycles. The highest BCUT2D eigenvalue weighted by Crippen LogP contribution is 2.22. The van der Waals surface area contributed by atoms with Crippen LogP contribution in [0.15, 0.2) is 42.5 Å². The molecule has 0 atom stereocenters. The third-order valence-electron chi connectivity index (χ3n) is 4.23. The van der Waals surface area contributed by atoms with Gasteiger partial charge < -0.3 is 15.5 Å². The number of carbonyl (C=O) groups is 1. The van der Waals surface area contributed by atoms with Crippen molar-refractivity contribution in [1.82, 2.24) is 4.90 Å². The number of benzene rings is 2. The number of aryl methyl sites for hydroxylation is 1. The monoisotopic (exact) mass is 329 g/mol. The van der Waals surface area contributed by atoms with Crippen molar-refractivity contribution in [2.45, 2.75) is 6.92 Å². The molecule has 0 saturated carbocycles. The largest absolute Gasteiger partial charge is 0.399 e. The van der Waals surface area contributed by atoms with Crippen molar-refractivity contribution in [3.05, 3.63) is 58.6 Å². The van der Waals surface area contributed by atoms with Crippen LogP contribution in [0, 0.1) is 6.92 Å². The molecule has 0 bridgehead atoms. The second kappa shape index (κ2) is 6.50. The summed E-state index contributed by atoms with van der Waals surface area (Å²) in [5.74, 6) is 0.0561. The van der Waals surface area contributed by atoms with Crippen molar-refractivity contribution in [3.63, 3.8) is 0 Å². The lowest BCUT2D eigenvalue weighted by molar-refractivity contribution is 0.0746. The third kappa shape index (κ3) is 3.42. The number of amides is 1. The zero-order valence-electron chi connectivity index (χ0n) is 13.1. The molecule has 1 saturated heterocycles. The highest BCUT2D eigenvalue weighted by Gasteiger charge is 2.23. The molecule has 1 aliphatic heterocycles. The standard InChI is InChI=1S/C18H20ClN3O/c1-13-5-6-15(20)12-17(13)18(23)22-9-7-21(8-10-22)16-4-2-3-14(19)11-16/h2-6,11-12H,7-10,20H2,1H3. The molecule has 0 spiro atoms. The van der Waals surface area contributed by atoms with Gasteiger partial charge >= 0.3 is 0 Å². The fourth-order valence-corrected chi connectivity index (χ4v) is 3.07. The molecule has 2 aromatic rings. The van der Waals surface area contributed by atoms with Crippen LogP contribution in [-0.4, -0.2) is 37.0 Å². The maximum Gasteiger partial charge on any atom is 0.254 e. The average molecular weight is 330 g/mol. The Kier molecular flexibility index (Phi) is 4.44. The highest BCUT2D eigenvalue weighted by molar-refractivity contribution is 6.30. The highest BCUT2D eigenvalue weighted by atomic mass is 35.5. The second-order valence-electron chi connectivity index (χ2n) is 5.83. The molecule has 1 heterocycles. The first-order valence-electron chi connectivity index (χ1n) is 7.70. The van der Waals surface area contributed by atoms with E-state index in [1.54, 1.807) is 6.07 Å². The van der Waals surface area contributed by atoms with Crippen LogP contribution in [0.25, 0.3) is 0 Å². The Morgan fingerprint density at radius 1 is 1.09 bits per heavy atom. The molecule has 0 unspecified atom stereocenters. The van der Waals surface area contributed by atoms with Gasteiger partial charge in [-0.2, -0.15) is 0 Å². The maximum atomic E-state index is 12.7. The zero-order chi connectivity index (χ0) is 16.4. The van der Waals surface area contributed by atoms with Crippen molar-refractivity contribution in [2.24, 2.45) is 0 Å². The molecule has 120 valence electrons. The van der Waals surface area contributed by atoms with Gasteiger partial charge in [-0.1, -0.05) is 23.7 Å². The van der Waals surface area contributed by atoms with Gasteiger partial charge in [-0.25, -0.2) is 0 Å². The van der Waals surface area contributed by atoms with E-state index >= 15 is 0 Å². The number of nitrogen functional groups attached to an aromatic ring is 1. The van der Waals surface area contributed by atoms with Gasteiger partial charge in [0.15, 0.2) is 0 Å². The van der Waals surface area contributed by atoms with Crippen molar-refractivity contribution in [3.8, 4) is 0 Å². The Labute approximate surface area is 141 Å². The van der Waals surface area contributed by atoms with E-state index < -0.39 is 0 Å². The van der Waals surface area contributed by atoms with E-state index in [-0.39, 0.29) is 5.91 Å². The number of nitrogens with two attached hydrogens (primary N) is 1. The molecule has 1 aliphatic rings. The molecule has 2 aromatic carbocycles. The van der Waals surface area contributed by atoms with Crippen molar-refractivity contribution < 1.29 is 4.79 Å². The number of piperazine rings is 1. The van der Waals surface area contributed by atoms with E-state index in [0.29, 0.717) is 24.3 Å². The van der Waals surface area contributed by atoms with Gasteiger partial charge in [-0.3, -0.25) is 4.79 Å². The van der Waals surface area contributed by atoms with Gasteiger partial charge in [0.2, 0.25) is 0 Å². The molecular weight excluding hydrogens is 310 g/mol. The number of nitrogens with zero attached hydrogens (tertiary/aromatic N) is 2. The minimum atomic E-state index is 0.0561. The summed E-state index contributed by atoms with van der Waals surface area (Å²) in [5.41, 5.74) is 9.19. The quantitative estimate of drug-likeness (QED) is 0.861. The molecule has 3 rings (SSSR count). The Hall–Kier alpha value is -2.20.